The molecule has 1 saturated heterocycles. The van der Waals surface area contributed by atoms with Gasteiger partial charge in [0.05, 0.1) is 4.90 Å². The lowest BCUT2D eigenvalue weighted by molar-refractivity contribution is 0.187. The Morgan fingerprint density at radius 3 is 2.31 bits per heavy atom. The van der Waals surface area contributed by atoms with Crippen LogP contribution in [0.4, 0.5) is 0 Å². The minimum Gasteiger partial charge on any atom is -0.421 e. The van der Waals surface area contributed by atoms with Crippen LogP contribution in [0.5, 0.6) is 0 Å². The number of benzene rings is 2. The highest BCUT2D eigenvalue weighted by atomic mass is 79.9. The molecule has 3 aromatic rings. The van der Waals surface area contributed by atoms with Gasteiger partial charge in [-0.25, -0.2) is 8.42 Å². The normalized spacial score (nSPS) is 16.2. The zero-order valence-electron chi connectivity index (χ0n) is 15.7. The molecule has 0 bridgehead atoms. The van der Waals surface area contributed by atoms with Crippen LogP contribution in [0.2, 0.25) is 0 Å². The van der Waals surface area contributed by atoms with Crippen LogP contribution in [0, 0.1) is 0 Å². The van der Waals surface area contributed by atoms with E-state index >= 15 is 0 Å². The van der Waals surface area contributed by atoms with Crippen LogP contribution in [-0.2, 0) is 16.4 Å². The van der Waals surface area contributed by atoms with Crippen molar-refractivity contribution < 1.29 is 12.8 Å². The molecule has 2 heterocycles. The van der Waals surface area contributed by atoms with Gasteiger partial charge in [-0.3, -0.25) is 0 Å². The molecule has 0 radical (unpaired) electrons. The lowest BCUT2D eigenvalue weighted by atomic mass is 10.2. The van der Waals surface area contributed by atoms with Crippen molar-refractivity contribution in [2.75, 3.05) is 32.7 Å². The highest BCUT2D eigenvalue weighted by Crippen LogP contribution is 2.21. The summed E-state index contributed by atoms with van der Waals surface area (Å²) in [5, 5.41) is 8.23. The Morgan fingerprint density at radius 1 is 0.931 bits per heavy atom. The molecule has 0 aliphatic carbocycles. The summed E-state index contributed by atoms with van der Waals surface area (Å²) in [7, 11) is -3.45. The number of piperazine rings is 1. The third-order valence-corrected chi connectivity index (χ3v) is 7.35. The van der Waals surface area contributed by atoms with Gasteiger partial charge in [-0.05, 0) is 36.4 Å². The monoisotopic (exact) mass is 476 g/mol. The van der Waals surface area contributed by atoms with Crippen LogP contribution < -0.4 is 0 Å². The molecule has 29 heavy (non-hydrogen) atoms. The van der Waals surface area contributed by atoms with E-state index in [2.05, 4.69) is 31.0 Å². The number of rotatable bonds is 6. The summed E-state index contributed by atoms with van der Waals surface area (Å²) < 4.78 is 33.7. The largest absolute Gasteiger partial charge is 0.421 e. The molecule has 1 aromatic heterocycles. The van der Waals surface area contributed by atoms with E-state index in [0.717, 1.165) is 16.6 Å². The number of halogens is 1. The van der Waals surface area contributed by atoms with Gasteiger partial charge in [0, 0.05) is 49.2 Å². The summed E-state index contributed by atoms with van der Waals surface area (Å²) in [6, 6.07) is 16.4. The van der Waals surface area contributed by atoms with E-state index in [9.17, 15) is 8.42 Å². The van der Waals surface area contributed by atoms with Crippen molar-refractivity contribution in [2.45, 2.75) is 11.3 Å². The number of hydrogen-bond acceptors (Lipinski definition) is 6. The van der Waals surface area contributed by atoms with Crippen molar-refractivity contribution in [3.63, 3.8) is 0 Å². The third-order valence-electron chi connectivity index (χ3n) is 4.91. The molecule has 2 aromatic carbocycles. The van der Waals surface area contributed by atoms with Crippen molar-refractivity contribution in [1.82, 2.24) is 19.4 Å². The molecule has 1 aliphatic heterocycles. The second kappa shape index (κ2) is 8.74. The van der Waals surface area contributed by atoms with Gasteiger partial charge >= 0.3 is 0 Å². The Labute approximate surface area is 178 Å². The first kappa shape index (κ1) is 20.2. The summed E-state index contributed by atoms with van der Waals surface area (Å²) in [5.41, 5.74) is 0.901. The zero-order chi connectivity index (χ0) is 20.3. The average Bonchev–Trinajstić information content (AvgIpc) is 3.23. The zero-order valence-corrected chi connectivity index (χ0v) is 18.1. The minimum absolute atomic E-state index is 0.327. The second-order valence-electron chi connectivity index (χ2n) is 6.82. The third kappa shape index (κ3) is 4.75. The summed E-state index contributed by atoms with van der Waals surface area (Å²) in [6.07, 6.45) is 0.638. The number of sulfonamides is 1. The average molecular weight is 477 g/mol. The van der Waals surface area contributed by atoms with Gasteiger partial charge < -0.3 is 9.32 Å². The maximum Gasteiger partial charge on any atom is 0.247 e. The van der Waals surface area contributed by atoms with Crippen LogP contribution in [0.25, 0.3) is 11.5 Å². The smallest absolute Gasteiger partial charge is 0.247 e. The molecule has 152 valence electrons. The predicted octanol–water partition coefficient (Wildman–Crippen LogP) is 3.05. The molecule has 0 spiro atoms. The fourth-order valence-electron chi connectivity index (χ4n) is 3.25. The molecule has 4 rings (SSSR count). The molecular weight excluding hydrogens is 456 g/mol. The SMILES string of the molecule is O=S(=O)(c1ccc(Br)cc1)N1CCN(CCc2nnc(-c3ccccc3)o2)CC1. The van der Waals surface area contributed by atoms with Gasteiger partial charge in [0.1, 0.15) is 0 Å². The summed E-state index contributed by atoms with van der Waals surface area (Å²) in [4.78, 5) is 2.55. The van der Waals surface area contributed by atoms with Crippen LogP contribution in [0.15, 0.2) is 68.4 Å². The molecule has 0 N–H and O–H groups in total. The lowest BCUT2D eigenvalue weighted by Gasteiger charge is -2.33. The maximum absolute atomic E-state index is 12.8. The Balaban J connectivity index is 1.30. The van der Waals surface area contributed by atoms with Crippen molar-refractivity contribution in [1.29, 1.82) is 0 Å². The van der Waals surface area contributed by atoms with Gasteiger partial charge in [-0.1, -0.05) is 34.1 Å². The van der Waals surface area contributed by atoms with Gasteiger partial charge in [-0.2, -0.15) is 4.31 Å². The van der Waals surface area contributed by atoms with E-state index in [0.29, 0.717) is 49.3 Å². The molecular formula is C20H21BrN4O3S. The summed E-state index contributed by atoms with van der Waals surface area (Å²) >= 11 is 3.33. The molecule has 0 saturated carbocycles. The van der Waals surface area contributed by atoms with Gasteiger partial charge in [0.15, 0.2) is 0 Å². The Bertz CT molecular complexity index is 1050. The van der Waals surface area contributed by atoms with E-state index in [1.165, 1.54) is 0 Å². The molecule has 9 heteroatoms. The van der Waals surface area contributed by atoms with Crippen LogP contribution in [0.1, 0.15) is 5.89 Å². The number of hydrogen-bond donors (Lipinski definition) is 0. The Hall–Kier alpha value is -2.07. The Morgan fingerprint density at radius 2 is 1.62 bits per heavy atom. The standard InChI is InChI=1S/C20H21BrN4O3S/c21-17-6-8-18(9-7-17)29(26,27)25-14-12-24(13-15-25)11-10-19-22-23-20(28-19)16-4-2-1-3-5-16/h1-9H,10-15H2. The van der Waals surface area contributed by atoms with Crippen molar-refractivity contribution in [3.8, 4) is 11.5 Å². The Kier molecular flexibility index (Phi) is 6.09. The quantitative estimate of drug-likeness (QED) is 0.543. The summed E-state index contributed by atoms with van der Waals surface area (Å²) in [5.74, 6) is 1.11. The van der Waals surface area contributed by atoms with Crippen molar-refractivity contribution in [3.05, 3.63) is 65.0 Å². The van der Waals surface area contributed by atoms with Crippen LogP contribution in [-0.4, -0.2) is 60.5 Å². The number of nitrogens with zero attached hydrogens (tertiary/aromatic N) is 4. The molecule has 0 atom stereocenters. The number of aromatic nitrogens is 2. The van der Waals surface area contributed by atoms with Crippen LogP contribution in [0.3, 0.4) is 0 Å². The first-order chi connectivity index (χ1) is 14.0. The second-order valence-corrected chi connectivity index (χ2v) is 9.67. The summed E-state index contributed by atoms with van der Waals surface area (Å²) in [6.45, 7) is 3.04. The lowest BCUT2D eigenvalue weighted by Crippen LogP contribution is -2.49. The highest BCUT2D eigenvalue weighted by Gasteiger charge is 2.28. The molecule has 7 nitrogen and oxygen atoms in total. The minimum atomic E-state index is -3.45. The van der Waals surface area contributed by atoms with Gasteiger partial charge in [0.25, 0.3) is 0 Å². The van der Waals surface area contributed by atoms with E-state index in [1.54, 1.807) is 28.6 Å². The predicted molar refractivity (Wildman–Crippen MR) is 113 cm³/mol. The fraction of sp³-hybridized carbons (Fsp3) is 0.300. The first-order valence-electron chi connectivity index (χ1n) is 9.38. The topological polar surface area (TPSA) is 79.5 Å². The highest BCUT2D eigenvalue weighted by molar-refractivity contribution is 9.10. The van der Waals surface area contributed by atoms with E-state index in [4.69, 9.17) is 4.42 Å². The van der Waals surface area contributed by atoms with Gasteiger partial charge in [0.2, 0.25) is 21.8 Å². The van der Waals surface area contributed by atoms with Gasteiger partial charge in [-0.15, -0.1) is 10.2 Å². The maximum atomic E-state index is 12.8. The van der Waals surface area contributed by atoms with Crippen LogP contribution >= 0.6 is 15.9 Å². The molecule has 1 fully saturated rings. The molecule has 0 unspecified atom stereocenters. The fourth-order valence-corrected chi connectivity index (χ4v) is 4.94. The van der Waals surface area contributed by atoms with E-state index < -0.39 is 10.0 Å². The van der Waals surface area contributed by atoms with Crippen molar-refractivity contribution >= 4 is 26.0 Å². The van der Waals surface area contributed by atoms with E-state index in [-0.39, 0.29) is 0 Å². The van der Waals surface area contributed by atoms with Crippen molar-refractivity contribution in [2.24, 2.45) is 0 Å². The molecule has 1 aliphatic rings. The first-order valence-corrected chi connectivity index (χ1v) is 11.6. The van der Waals surface area contributed by atoms with E-state index in [1.807, 2.05) is 30.3 Å². The molecule has 0 amide bonds.